The Morgan fingerprint density at radius 1 is 1.22 bits per heavy atom. The molecule has 32 heavy (non-hydrogen) atoms. The number of nitrogens with one attached hydrogen (secondary N) is 1. The SMILES string of the molecule is CC(=O)N[C@H]1C(C)O[C@H](COS(=O)(=O)[O-])C(O[C@@H]2OC(C(=O)[O-])=C[C@H](O)[C@H]2O)[C@@H]1O.[Na+].[Na+]. The summed E-state index contributed by atoms with van der Waals surface area (Å²) < 4.78 is 52.3. The molecule has 0 aliphatic carbocycles. The number of carbonyl (C=O) groups excluding carboxylic acids is 2. The van der Waals surface area contributed by atoms with Gasteiger partial charge >= 0.3 is 59.1 Å². The average Bonchev–Trinajstić information content (AvgIpc) is 2.61. The summed E-state index contributed by atoms with van der Waals surface area (Å²) in [5.41, 5.74) is 0. The molecule has 2 aliphatic rings. The Labute approximate surface area is 227 Å². The Bertz CT molecular complexity index is 794. The van der Waals surface area contributed by atoms with Gasteiger partial charge in [-0.25, -0.2) is 8.42 Å². The number of hydrogen-bond acceptors (Lipinski definition) is 13. The Balaban J connectivity index is 0.00000480. The largest absolute Gasteiger partial charge is 1.00 e. The Kier molecular flexibility index (Phi) is 13.4. The Morgan fingerprint density at radius 2 is 1.81 bits per heavy atom. The van der Waals surface area contributed by atoms with E-state index < -0.39 is 83.6 Å². The van der Waals surface area contributed by atoms with Crippen LogP contribution in [0.25, 0.3) is 0 Å². The van der Waals surface area contributed by atoms with Gasteiger partial charge in [0.1, 0.15) is 42.2 Å². The second kappa shape index (κ2) is 13.3. The summed E-state index contributed by atoms with van der Waals surface area (Å²) in [6.07, 6.45) is -10.3. The number of carbonyl (C=O) groups is 2. The summed E-state index contributed by atoms with van der Waals surface area (Å²) in [5.74, 6) is -3.22. The first kappa shape index (κ1) is 32.1. The van der Waals surface area contributed by atoms with E-state index in [1.807, 2.05) is 0 Å². The zero-order valence-electron chi connectivity index (χ0n) is 17.7. The molecule has 17 heteroatoms. The molecule has 2 unspecified atom stereocenters. The second-order valence-electron chi connectivity index (χ2n) is 6.68. The van der Waals surface area contributed by atoms with Gasteiger partial charge in [-0.1, -0.05) is 0 Å². The summed E-state index contributed by atoms with van der Waals surface area (Å²) >= 11 is 0. The number of rotatable bonds is 7. The molecule has 1 amide bonds. The maximum atomic E-state index is 11.4. The number of aliphatic hydroxyl groups excluding tert-OH is 3. The Morgan fingerprint density at radius 3 is 2.31 bits per heavy atom. The van der Waals surface area contributed by atoms with Gasteiger partial charge in [-0.2, -0.15) is 0 Å². The first-order valence-corrected chi connectivity index (χ1v) is 9.95. The molecular weight excluding hydrogens is 480 g/mol. The van der Waals surface area contributed by atoms with Crippen molar-refractivity contribution in [3.8, 4) is 0 Å². The van der Waals surface area contributed by atoms with Crippen molar-refractivity contribution in [2.45, 2.75) is 62.8 Å². The predicted octanol–water partition coefficient (Wildman–Crippen LogP) is -10.8. The van der Waals surface area contributed by atoms with E-state index in [1.54, 1.807) is 0 Å². The molecule has 2 aliphatic heterocycles. The predicted molar refractivity (Wildman–Crippen MR) is 88.4 cm³/mol. The third-order valence-corrected chi connectivity index (χ3v) is 4.82. The van der Waals surface area contributed by atoms with E-state index in [4.69, 9.17) is 14.2 Å². The van der Waals surface area contributed by atoms with Gasteiger partial charge < -0.3 is 49.3 Å². The number of amides is 1. The number of carboxylic acid groups (broad SMARTS) is 1. The molecule has 14 nitrogen and oxygen atoms in total. The fraction of sp³-hybridized carbons (Fsp3) is 0.733. The zero-order valence-corrected chi connectivity index (χ0v) is 22.6. The third-order valence-electron chi connectivity index (χ3n) is 4.40. The van der Waals surface area contributed by atoms with E-state index in [-0.39, 0.29) is 59.1 Å². The third kappa shape index (κ3) is 8.74. The van der Waals surface area contributed by atoms with Crippen LogP contribution < -0.4 is 69.5 Å². The number of aliphatic carboxylic acids is 1. The van der Waals surface area contributed by atoms with E-state index in [1.165, 1.54) is 6.92 Å². The van der Waals surface area contributed by atoms with Crippen LogP contribution in [0.15, 0.2) is 11.8 Å². The van der Waals surface area contributed by atoms with Crippen LogP contribution in [0.1, 0.15) is 13.8 Å². The van der Waals surface area contributed by atoms with Crippen LogP contribution in [-0.2, 0) is 38.4 Å². The molecule has 0 aromatic heterocycles. The maximum absolute atomic E-state index is 11.4. The van der Waals surface area contributed by atoms with Crippen molar-refractivity contribution in [1.82, 2.24) is 5.32 Å². The van der Waals surface area contributed by atoms with Gasteiger partial charge in [-0.05, 0) is 13.0 Å². The second-order valence-corrected chi connectivity index (χ2v) is 7.73. The van der Waals surface area contributed by atoms with Crippen molar-refractivity contribution in [2.24, 2.45) is 0 Å². The molecular formula is C15H21NNa2O13S. The minimum Gasteiger partial charge on any atom is -0.726 e. The Hall–Kier alpha value is 0.150. The molecule has 0 radical (unpaired) electrons. The van der Waals surface area contributed by atoms with Crippen LogP contribution >= 0.6 is 0 Å². The van der Waals surface area contributed by atoms with Gasteiger partial charge in [0.25, 0.3) is 0 Å². The van der Waals surface area contributed by atoms with Gasteiger partial charge in [0.05, 0.1) is 18.8 Å². The number of aliphatic hydroxyl groups is 3. The molecule has 8 atom stereocenters. The van der Waals surface area contributed by atoms with Gasteiger partial charge in [-0.3, -0.25) is 8.98 Å². The summed E-state index contributed by atoms with van der Waals surface area (Å²) in [6, 6.07) is -1.07. The molecule has 0 aromatic rings. The first-order chi connectivity index (χ1) is 13.8. The van der Waals surface area contributed by atoms with E-state index in [9.17, 15) is 43.0 Å². The van der Waals surface area contributed by atoms with Gasteiger partial charge in [-0.15, -0.1) is 0 Å². The van der Waals surface area contributed by atoms with E-state index in [0.29, 0.717) is 6.08 Å². The normalized spacial score (nSPS) is 34.8. The molecule has 0 bridgehead atoms. The summed E-state index contributed by atoms with van der Waals surface area (Å²) in [5, 5.41) is 43.9. The molecule has 1 fully saturated rings. The van der Waals surface area contributed by atoms with Crippen LogP contribution in [0.5, 0.6) is 0 Å². The van der Waals surface area contributed by atoms with Crippen LogP contribution in [0.3, 0.4) is 0 Å². The first-order valence-electron chi connectivity index (χ1n) is 8.62. The van der Waals surface area contributed by atoms with E-state index in [2.05, 4.69) is 9.50 Å². The quantitative estimate of drug-likeness (QED) is 0.145. The number of ether oxygens (including phenoxy) is 3. The molecule has 172 valence electrons. The number of carboxylic acids is 1. The van der Waals surface area contributed by atoms with Crippen molar-refractivity contribution in [3.63, 3.8) is 0 Å². The van der Waals surface area contributed by atoms with Gasteiger partial charge in [0.15, 0.2) is 0 Å². The van der Waals surface area contributed by atoms with Crippen LogP contribution in [0.4, 0.5) is 0 Å². The van der Waals surface area contributed by atoms with Crippen LogP contribution in [0, 0.1) is 0 Å². The van der Waals surface area contributed by atoms with Crippen molar-refractivity contribution in [3.05, 3.63) is 11.8 Å². The van der Waals surface area contributed by atoms with Crippen molar-refractivity contribution >= 4 is 22.3 Å². The smallest absolute Gasteiger partial charge is 0.726 e. The van der Waals surface area contributed by atoms with Gasteiger partial charge in [0, 0.05) is 6.92 Å². The van der Waals surface area contributed by atoms with E-state index >= 15 is 0 Å². The topological polar surface area (TPSA) is 224 Å². The van der Waals surface area contributed by atoms with Crippen molar-refractivity contribution < 1.29 is 120 Å². The molecule has 4 N–H and O–H groups in total. The zero-order chi connectivity index (χ0) is 22.8. The monoisotopic (exact) mass is 501 g/mol. The van der Waals surface area contributed by atoms with Gasteiger partial charge in [0.2, 0.25) is 22.6 Å². The maximum Gasteiger partial charge on any atom is 1.00 e. The standard InChI is InChI=1S/C15H23NO13S.2Na/c1-5-10(16-6(2)17)12(20)13(9(27-5)4-26-30(23,24)25)29-15-11(19)7(18)3-8(28-15)14(21)22;;/h3,5,7,9-13,15,18-20H,4H2,1-2H3,(H,16,17)(H,21,22)(H,23,24,25);;/q;2*+1/p-2/t5?,7-,9+,10-,11+,12+,13?,15-;;/m0../s1. The van der Waals surface area contributed by atoms with Crippen molar-refractivity contribution in [1.29, 1.82) is 0 Å². The minimum absolute atomic E-state index is 0. The summed E-state index contributed by atoms with van der Waals surface area (Å²) in [4.78, 5) is 22.4. The molecule has 0 spiro atoms. The minimum atomic E-state index is -5.14. The summed E-state index contributed by atoms with van der Waals surface area (Å²) in [7, 11) is -5.14. The number of hydrogen-bond donors (Lipinski definition) is 4. The molecule has 1 saturated heterocycles. The summed E-state index contributed by atoms with van der Waals surface area (Å²) in [6.45, 7) is 1.69. The molecule has 2 heterocycles. The van der Waals surface area contributed by atoms with Crippen LogP contribution in [-0.4, -0.2) is 95.7 Å². The fourth-order valence-corrected chi connectivity index (χ4v) is 3.36. The fourth-order valence-electron chi connectivity index (χ4n) is 3.06. The molecule has 0 aromatic carbocycles. The molecule has 0 saturated carbocycles. The van der Waals surface area contributed by atoms with E-state index in [0.717, 1.165) is 6.92 Å². The molecule has 2 rings (SSSR count). The van der Waals surface area contributed by atoms with Crippen molar-refractivity contribution in [2.75, 3.05) is 6.61 Å². The average molecular weight is 501 g/mol. The van der Waals surface area contributed by atoms with Crippen LogP contribution in [0.2, 0.25) is 0 Å².